The summed E-state index contributed by atoms with van der Waals surface area (Å²) in [5.74, 6) is 0.390. The number of rotatable bonds is 7. The molecule has 2 aromatic rings. The summed E-state index contributed by atoms with van der Waals surface area (Å²) >= 11 is 0. The lowest BCUT2D eigenvalue weighted by atomic mass is 10.3. The molecule has 0 aliphatic carbocycles. The summed E-state index contributed by atoms with van der Waals surface area (Å²) in [5.41, 5.74) is 1.17. The fourth-order valence-corrected chi connectivity index (χ4v) is 3.01. The minimum atomic E-state index is -3.52. The molecule has 0 radical (unpaired) electrons. The highest BCUT2D eigenvalue weighted by atomic mass is 32.2. The van der Waals surface area contributed by atoms with E-state index in [1.807, 2.05) is 0 Å². The number of nitrogens with zero attached hydrogens (tertiary/aromatic N) is 1. The highest BCUT2D eigenvalue weighted by Gasteiger charge is 2.17. The number of hydrogen-bond donors (Lipinski definition) is 2. The average Bonchev–Trinajstić information content (AvgIpc) is 2.60. The van der Waals surface area contributed by atoms with Gasteiger partial charge in [-0.05, 0) is 30.3 Å². The maximum Gasteiger partial charge on any atom is 0.243 e. The van der Waals surface area contributed by atoms with Gasteiger partial charge in [0, 0.05) is 31.5 Å². The lowest BCUT2D eigenvalue weighted by Gasteiger charge is -2.13. The molecule has 2 rings (SSSR count). The summed E-state index contributed by atoms with van der Waals surface area (Å²) in [6.45, 7) is 0.00265. The molecule has 0 fully saturated rings. The highest BCUT2D eigenvalue weighted by molar-refractivity contribution is 7.89. The summed E-state index contributed by atoms with van der Waals surface area (Å²) in [5, 5.41) is 5.66. The van der Waals surface area contributed by atoms with Crippen LogP contribution in [0.25, 0.3) is 0 Å². The van der Waals surface area contributed by atoms with Crippen LogP contribution in [-0.2, 0) is 14.8 Å². The summed E-state index contributed by atoms with van der Waals surface area (Å²) in [6, 6.07) is 13.4. The van der Waals surface area contributed by atoms with Crippen LogP contribution in [0, 0.1) is 0 Å². The number of nitrogens with one attached hydrogen (secondary N) is 2. The van der Waals surface area contributed by atoms with E-state index in [0.29, 0.717) is 17.1 Å². The number of carbonyl (C=O) groups is 1. The van der Waals surface area contributed by atoms with Crippen LogP contribution in [0.1, 0.15) is 0 Å². The van der Waals surface area contributed by atoms with Gasteiger partial charge in [-0.3, -0.25) is 4.79 Å². The van der Waals surface area contributed by atoms with E-state index >= 15 is 0 Å². The van der Waals surface area contributed by atoms with Crippen molar-refractivity contribution in [2.75, 3.05) is 38.4 Å². The molecule has 0 atom stereocenters. The summed E-state index contributed by atoms with van der Waals surface area (Å²) < 4.78 is 30.5. The van der Waals surface area contributed by atoms with Gasteiger partial charge in [0.25, 0.3) is 0 Å². The van der Waals surface area contributed by atoms with Gasteiger partial charge in [-0.2, -0.15) is 0 Å². The molecule has 0 aromatic heterocycles. The molecule has 0 bridgehead atoms. The fraction of sp³-hybridized carbons (Fsp3) is 0.235. The van der Waals surface area contributed by atoms with Crippen molar-refractivity contribution in [2.45, 2.75) is 4.90 Å². The van der Waals surface area contributed by atoms with E-state index in [1.165, 1.54) is 26.2 Å². The first kappa shape index (κ1) is 18.8. The third kappa shape index (κ3) is 4.94. The highest BCUT2D eigenvalue weighted by Crippen LogP contribution is 2.18. The minimum Gasteiger partial charge on any atom is -0.497 e. The van der Waals surface area contributed by atoms with E-state index in [-0.39, 0.29) is 17.3 Å². The first-order valence-electron chi connectivity index (χ1n) is 7.53. The van der Waals surface area contributed by atoms with Crippen molar-refractivity contribution in [3.63, 3.8) is 0 Å². The van der Waals surface area contributed by atoms with Crippen molar-refractivity contribution in [2.24, 2.45) is 0 Å². The number of ether oxygens (including phenoxy) is 1. The SMILES string of the molecule is COc1cccc(NC(=O)CNc2cccc(S(=O)(=O)N(C)C)c2)c1. The minimum absolute atomic E-state index is 0.00265. The first-order valence-corrected chi connectivity index (χ1v) is 8.97. The third-order valence-corrected chi connectivity index (χ3v) is 5.23. The van der Waals surface area contributed by atoms with Gasteiger partial charge in [-0.15, -0.1) is 0 Å². The second-order valence-electron chi connectivity index (χ2n) is 5.45. The van der Waals surface area contributed by atoms with Crippen LogP contribution in [0.4, 0.5) is 11.4 Å². The van der Waals surface area contributed by atoms with Crippen molar-refractivity contribution < 1.29 is 17.9 Å². The number of hydrogen-bond acceptors (Lipinski definition) is 5. The number of amides is 1. The third-order valence-electron chi connectivity index (χ3n) is 3.42. The molecule has 7 nitrogen and oxygen atoms in total. The number of sulfonamides is 1. The van der Waals surface area contributed by atoms with E-state index < -0.39 is 10.0 Å². The van der Waals surface area contributed by atoms with Crippen LogP contribution in [0.15, 0.2) is 53.4 Å². The fourth-order valence-electron chi connectivity index (χ4n) is 2.07. The van der Waals surface area contributed by atoms with Crippen LogP contribution >= 0.6 is 0 Å². The van der Waals surface area contributed by atoms with Crippen molar-refractivity contribution in [1.29, 1.82) is 0 Å². The van der Waals surface area contributed by atoms with Crippen LogP contribution in [-0.4, -0.2) is 46.4 Å². The molecule has 2 aromatic carbocycles. The number of carbonyl (C=O) groups excluding carboxylic acids is 1. The van der Waals surface area contributed by atoms with Gasteiger partial charge in [0.2, 0.25) is 15.9 Å². The van der Waals surface area contributed by atoms with Crippen molar-refractivity contribution in [1.82, 2.24) is 4.31 Å². The molecule has 0 spiro atoms. The molecule has 2 N–H and O–H groups in total. The zero-order valence-corrected chi connectivity index (χ0v) is 15.1. The normalized spacial score (nSPS) is 11.2. The predicted molar refractivity (Wildman–Crippen MR) is 97.4 cm³/mol. The number of benzene rings is 2. The molecule has 1 amide bonds. The van der Waals surface area contributed by atoms with E-state index in [0.717, 1.165) is 4.31 Å². The molecule has 134 valence electrons. The van der Waals surface area contributed by atoms with Gasteiger partial charge in [-0.25, -0.2) is 12.7 Å². The van der Waals surface area contributed by atoms with Gasteiger partial charge in [0.05, 0.1) is 18.6 Å². The Bertz CT molecular complexity index is 850. The Labute approximate surface area is 147 Å². The zero-order valence-electron chi connectivity index (χ0n) is 14.3. The monoisotopic (exact) mass is 363 g/mol. The Morgan fingerprint density at radius 2 is 1.76 bits per heavy atom. The van der Waals surface area contributed by atoms with Gasteiger partial charge in [0.15, 0.2) is 0 Å². The molecular weight excluding hydrogens is 342 g/mol. The Morgan fingerprint density at radius 3 is 2.44 bits per heavy atom. The lowest BCUT2D eigenvalue weighted by molar-refractivity contribution is -0.114. The quantitative estimate of drug-likeness (QED) is 0.786. The topological polar surface area (TPSA) is 87.7 Å². The Balaban J connectivity index is 2.00. The van der Waals surface area contributed by atoms with Gasteiger partial charge in [0.1, 0.15) is 5.75 Å². The van der Waals surface area contributed by atoms with Crippen LogP contribution in [0.5, 0.6) is 5.75 Å². The van der Waals surface area contributed by atoms with Crippen molar-refractivity contribution in [3.8, 4) is 5.75 Å². The van der Waals surface area contributed by atoms with Crippen LogP contribution in [0.3, 0.4) is 0 Å². The Hall–Kier alpha value is -2.58. The van der Waals surface area contributed by atoms with E-state index in [4.69, 9.17) is 4.74 Å². The van der Waals surface area contributed by atoms with Gasteiger partial charge in [-0.1, -0.05) is 12.1 Å². The lowest BCUT2D eigenvalue weighted by Crippen LogP contribution is -2.23. The Kier molecular flexibility index (Phi) is 6.00. The zero-order chi connectivity index (χ0) is 18.4. The molecule has 25 heavy (non-hydrogen) atoms. The maximum absolute atomic E-state index is 12.1. The summed E-state index contributed by atoms with van der Waals surface area (Å²) in [7, 11) is 0.976. The standard InChI is InChI=1S/C17H21N3O4S/c1-20(2)25(22,23)16-9-5-6-13(11-16)18-12-17(21)19-14-7-4-8-15(10-14)24-3/h4-11,18H,12H2,1-3H3,(H,19,21). The predicted octanol–water partition coefficient (Wildman–Crippen LogP) is 2.00. The van der Waals surface area contributed by atoms with Gasteiger partial charge < -0.3 is 15.4 Å². The molecule has 0 saturated heterocycles. The second-order valence-corrected chi connectivity index (χ2v) is 7.60. The molecular formula is C17H21N3O4S. The molecule has 8 heteroatoms. The van der Waals surface area contributed by atoms with Crippen molar-refractivity contribution >= 4 is 27.3 Å². The molecule has 0 aliphatic rings. The van der Waals surface area contributed by atoms with Crippen LogP contribution in [0.2, 0.25) is 0 Å². The molecule has 0 unspecified atom stereocenters. The van der Waals surface area contributed by atoms with Crippen molar-refractivity contribution in [3.05, 3.63) is 48.5 Å². The van der Waals surface area contributed by atoms with E-state index in [1.54, 1.807) is 43.5 Å². The maximum atomic E-state index is 12.1. The molecule has 0 aliphatic heterocycles. The molecule has 0 saturated carbocycles. The summed E-state index contributed by atoms with van der Waals surface area (Å²) in [6.07, 6.45) is 0. The van der Waals surface area contributed by atoms with E-state index in [9.17, 15) is 13.2 Å². The average molecular weight is 363 g/mol. The summed E-state index contributed by atoms with van der Waals surface area (Å²) in [4.78, 5) is 12.2. The van der Waals surface area contributed by atoms with Crippen LogP contribution < -0.4 is 15.4 Å². The van der Waals surface area contributed by atoms with Gasteiger partial charge >= 0.3 is 0 Å². The number of methoxy groups -OCH3 is 1. The second kappa shape index (κ2) is 8.00. The number of anilines is 2. The van der Waals surface area contributed by atoms with E-state index in [2.05, 4.69) is 10.6 Å². The smallest absolute Gasteiger partial charge is 0.243 e. The first-order chi connectivity index (χ1) is 11.8. The Morgan fingerprint density at radius 1 is 1.08 bits per heavy atom. The largest absolute Gasteiger partial charge is 0.497 e. The molecule has 0 heterocycles.